The summed E-state index contributed by atoms with van der Waals surface area (Å²) in [5.41, 5.74) is 4.78. The van der Waals surface area contributed by atoms with Crippen molar-refractivity contribution >= 4 is 16.9 Å². The Kier molecular flexibility index (Phi) is 4.99. The lowest BCUT2D eigenvalue weighted by molar-refractivity contribution is -0.136. The van der Waals surface area contributed by atoms with Crippen molar-refractivity contribution in [2.75, 3.05) is 7.11 Å². The molecule has 0 fully saturated rings. The Morgan fingerprint density at radius 1 is 1.14 bits per heavy atom. The number of carbonyl (C=O) groups is 1. The lowest BCUT2D eigenvalue weighted by atomic mass is 9.99. The Labute approximate surface area is 168 Å². The third kappa shape index (κ3) is 3.69. The van der Waals surface area contributed by atoms with Gasteiger partial charge in [0, 0.05) is 23.6 Å². The molecule has 0 atom stereocenters. The summed E-state index contributed by atoms with van der Waals surface area (Å²) in [4.78, 5) is 15.3. The summed E-state index contributed by atoms with van der Waals surface area (Å²) in [5, 5.41) is 14.6. The highest BCUT2D eigenvalue weighted by molar-refractivity contribution is 5.88. The predicted molar refractivity (Wildman–Crippen MR) is 112 cm³/mol. The highest BCUT2D eigenvalue weighted by atomic mass is 16.5. The van der Waals surface area contributed by atoms with Crippen molar-refractivity contribution in [3.63, 3.8) is 0 Å². The van der Waals surface area contributed by atoms with Gasteiger partial charge in [0.15, 0.2) is 5.82 Å². The summed E-state index contributed by atoms with van der Waals surface area (Å²) in [6, 6.07) is 17.8. The number of aliphatic carboxylic acids is 1. The average Bonchev–Trinajstić information content (AvgIpc) is 3.08. The number of methoxy groups -OCH3 is 1. The fourth-order valence-electron chi connectivity index (χ4n) is 3.47. The minimum Gasteiger partial charge on any atom is -0.496 e. The van der Waals surface area contributed by atoms with Crippen molar-refractivity contribution in [1.82, 2.24) is 14.8 Å². The SMILES string of the molecule is COc1cc(CCC(=O)O)ccc1-c1ccc2c(C)nn(-c3ccccn3)c2c1. The van der Waals surface area contributed by atoms with Gasteiger partial charge in [-0.05, 0) is 48.7 Å². The lowest BCUT2D eigenvalue weighted by Crippen LogP contribution is -1.99. The Bertz CT molecular complexity index is 1180. The number of pyridine rings is 1. The van der Waals surface area contributed by atoms with Crippen LogP contribution in [0.2, 0.25) is 0 Å². The molecule has 0 aliphatic heterocycles. The molecule has 0 amide bonds. The number of hydrogen-bond donors (Lipinski definition) is 1. The summed E-state index contributed by atoms with van der Waals surface area (Å²) < 4.78 is 7.45. The molecule has 6 heteroatoms. The van der Waals surface area contributed by atoms with E-state index in [1.165, 1.54) is 0 Å². The third-order valence-electron chi connectivity index (χ3n) is 4.94. The second kappa shape index (κ2) is 7.75. The van der Waals surface area contributed by atoms with Crippen LogP contribution in [0.15, 0.2) is 60.8 Å². The number of aromatic nitrogens is 3. The Morgan fingerprint density at radius 3 is 2.72 bits per heavy atom. The van der Waals surface area contributed by atoms with E-state index in [1.54, 1.807) is 13.3 Å². The molecule has 6 nitrogen and oxygen atoms in total. The number of nitrogens with zero attached hydrogens (tertiary/aromatic N) is 3. The molecule has 0 unspecified atom stereocenters. The summed E-state index contributed by atoms with van der Waals surface area (Å²) in [7, 11) is 1.63. The van der Waals surface area contributed by atoms with Crippen LogP contribution >= 0.6 is 0 Å². The fraction of sp³-hybridized carbons (Fsp3) is 0.174. The van der Waals surface area contributed by atoms with Crippen LogP contribution in [0.1, 0.15) is 17.7 Å². The van der Waals surface area contributed by atoms with E-state index in [0.717, 1.165) is 39.1 Å². The van der Waals surface area contributed by atoms with Crippen molar-refractivity contribution in [2.45, 2.75) is 19.8 Å². The number of rotatable bonds is 6. The molecule has 0 bridgehead atoms. The van der Waals surface area contributed by atoms with E-state index >= 15 is 0 Å². The van der Waals surface area contributed by atoms with E-state index < -0.39 is 5.97 Å². The van der Waals surface area contributed by atoms with Crippen molar-refractivity contribution in [3.8, 4) is 22.7 Å². The number of carboxylic acid groups (broad SMARTS) is 1. The van der Waals surface area contributed by atoms with Gasteiger partial charge in [0.2, 0.25) is 0 Å². The molecule has 0 radical (unpaired) electrons. The smallest absolute Gasteiger partial charge is 0.303 e. The second-order valence-electron chi connectivity index (χ2n) is 6.85. The van der Waals surface area contributed by atoms with Gasteiger partial charge < -0.3 is 9.84 Å². The van der Waals surface area contributed by atoms with E-state index in [4.69, 9.17) is 9.84 Å². The summed E-state index contributed by atoms with van der Waals surface area (Å²) in [5.74, 6) is 0.670. The van der Waals surface area contributed by atoms with Crippen LogP contribution in [0, 0.1) is 6.92 Å². The average molecular weight is 387 g/mol. The molecule has 2 aromatic carbocycles. The zero-order valence-electron chi connectivity index (χ0n) is 16.3. The number of ether oxygens (including phenoxy) is 1. The molecule has 146 valence electrons. The van der Waals surface area contributed by atoms with Crippen LogP contribution in [-0.4, -0.2) is 33.0 Å². The minimum absolute atomic E-state index is 0.0942. The quantitative estimate of drug-likeness (QED) is 0.530. The number of fused-ring (bicyclic) bond motifs is 1. The molecular formula is C23H21N3O3. The van der Waals surface area contributed by atoms with Crippen molar-refractivity contribution in [1.29, 1.82) is 0 Å². The number of benzene rings is 2. The van der Waals surface area contributed by atoms with Crippen LogP contribution in [0.4, 0.5) is 0 Å². The van der Waals surface area contributed by atoms with Gasteiger partial charge in [-0.3, -0.25) is 4.79 Å². The topological polar surface area (TPSA) is 77.2 Å². The predicted octanol–water partition coefficient (Wildman–Crippen LogP) is 4.42. The zero-order valence-corrected chi connectivity index (χ0v) is 16.3. The van der Waals surface area contributed by atoms with Gasteiger partial charge >= 0.3 is 5.97 Å². The van der Waals surface area contributed by atoms with Gasteiger partial charge in [0.1, 0.15) is 5.75 Å². The molecular weight excluding hydrogens is 366 g/mol. The Balaban J connectivity index is 1.79. The van der Waals surface area contributed by atoms with Gasteiger partial charge in [-0.2, -0.15) is 5.10 Å². The van der Waals surface area contributed by atoms with Crippen molar-refractivity contribution in [3.05, 3.63) is 72.1 Å². The molecule has 2 aromatic heterocycles. The molecule has 0 aliphatic carbocycles. The van der Waals surface area contributed by atoms with E-state index in [9.17, 15) is 4.79 Å². The zero-order chi connectivity index (χ0) is 20.4. The molecule has 0 spiro atoms. The van der Waals surface area contributed by atoms with Gasteiger partial charge in [-0.25, -0.2) is 9.67 Å². The lowest BCUT2D eigenvalue weighted by Gasteiger charge is -2.11. The maximum atomic E-state index is 10.8. The molecule has 1 N–H and O–H groups in total. The largest absolute Gasteiger partial charge is 0.496 e. The van der Waals surface area contributed by atoms with E-state index in [0.29, 0.717) is 12.2 Å². The van der Waals surface area contributed by atoms with E-state index in [-0.39, 0.29) is 6.42 Å². The standard InChI is InChI=1S/C23H21N3O3/c1-15-18-10-8-17(14-20(18)26(25-15)22-5-3-4-12-24-22)19-9-6-16(7-11-23(27)28)13-21(19)29-2/h3-6,8-10,12-14H,7,11H2,1-2H3,(H,27,28). The van der Waals surface area contributed by atoms with Gasteiger partial charge in [-0.1, -0.05) is 30.3 Å². The number of aryl methyl sites for hydroxylation is 2. The van der Waals surface area contributed by atoms with Gasteiger partial charge in [-0.15, -0.1) is 0 Å². The molecule has 0 saturated heterocycles. The van der Waals surface area contributed by atoms with Gasteiger partial charge in [0.05, 0.1) is 18.3 Å². The minimum atomic E-state index is -0.809. The van der Waals surface area contributed by atoms with Crippen LogP contribution in [0.3, 0.4) is 0 Å². The number of carboxylic acids is 1. The highest BCUT2D eigenvalue weighted by Gasteiger charge is 2.14. The Morgan fingerprint density at radius 2 is 2.00 bits per heavy atom. The first kappa shape index (κ1) is 18.7. The molecule has 0 saturated carbocycles. The van der Waals surface area contributed by atoms with Crippen LogP contribution in [0.25, 0.3) is 27.8 Å². The molecule has 29 heavy (non-hydrogen) atoms. The Hall–Kier alpha value is -3.67. The van der Waals surface area contributed by atoms with Gasteiger partial charge in [0.25, 0.3) is 0 Å². The van der Waals surface area contributed by atoms with E-state index in [1.807, 2.05) is 48.0 Å². The summed E-state index contributed by atoms with van der Waals surface area (Å²) >= 11 is 0. The van der Waals surface area contributed by atoms with E-state index in [2.05, 4.69) is 28.3 Å². The molecule has 2 heterocycles. The number of hydrogen-bond acceptors (Lipinski definition) is 4. The summed E-state index contributed by atoms with van der Waals surface area (Å²) in [6.45, 7) is 1.99. The molecule has 4 rings (SSSR count). The monoisotopic (exact) mass is 387 g/mol. The third-order valence-corrected chi connectivity index (χ3v) is 4.94. The maximum Gasteiger partial charge on any atom is 0.303 e. The first-order valence-electron chi connectivity index (χ1n) is 9.36. The maximum absolute atomic E-state index is 10.8. The molecule has 4 aromatic rings. The highest BCUT2D eigenvalue weighted by Crippen LogP contribution is 2.34. The van der Waals surface area contributed by atoms with Crippen LogP contribution in [0.5, 0.6) is 5.75 Å². The first-order valence-corrected chi connectivity index (χ1v) is 9.36. The first-order chi connectivity index (χ1) is 14.1. The van der Waals surface area contributed by atoms with Crippen molar-refractivity contribution < 1.29 is 14.6 Å². The normalized spacial score (nSPS) is 11.0. The van der Waals surface area contributed by atoms with Crippen LogP contribution in [-0.2, 0) is 11.2 Å². The summed E-state index contributed by atoms with van der Waals surface area (Å²) in [6.07, 6.45) is 2.31. The second-order valence-corrected chi connectivity index (χ2v) is 6.85. The van der Waals surface area contributed by atoms with Crippen LogP contribution < -0.4 is 4.74 Å². The fourth-order valence-corrected chi connectivity index (χ4v) is 3.47. The van der Waals surface area contributed by atoms with Crippen molar-refractivity contribution in [2.24, 2.45) is 0 Å². The molecule has 0 aliphatic rings.